The molecule has 0 aliphatic heterocycles. The van der Waals surface area contributed by atoms with Gasteiger partial charge in [-0.05, 0) is 25.2 Å². The highest BCUT2D eigenvalue weighted by atomic mass is 79.9. The summed E-state index contributed by atoms with van der Waals surface area (Å²) >= 11 is 3.63. The summed E-state index contributed by atoms with van der Waals surface area (Å²) in [5.41, 5.74) is 0. The zero-order chi connectivity index (χ0) is 5.98. The molecule has 1 rings (SSSR count). The van der Waals surface area contributed by atoms with Crippen LogP contribution in [0.4, 0.5) is 0 Å². The lowest BCUT2D eigenvalue weighted by Crippen LogP contribution is -2.25. The first kappa shape index (κ1) is 6.60. The van der Waals surface area contributed by atoms with Gasteiger partial charge in [-0.1, -0.05) is 29.3 Å². The molecule has 0 spiro atoms. The summed E-state index contributed by atoms with van der Waals surface area (Å²) in [6.07, 6.45) is 5.65. The minimum absolute atomic E-state index is 0.863. The van der Waals surface area contributed by atoms with Crippen molar-refractivity contribution in [3.05, 3.63) is 0 Å². The third-order valence-corrected chi connectivity index (χ3v) is 3.19. The van der Waals surface area contributed by atoms with Crippen LogP contribution in [0.3, 0.4) is 0 Å². The van der Waals surface area contributed by atoms with E-state index < -0.39 is 0 Å². The predicted octanol–water partition coefficient (Wildman–Crippen LogP) is 2.96. The molecule has 0 aromatic rings. The zero-order valence-corrected chi connectivity index (χ0v) is 6.95. The number of hydrogen-bond acceptors (Lipinski definition) is 0. The lowest BCUT2D eigenvalue weighted by atomic mass is 9.82. The summed E-state index contributed by atoms with van der Waals surface area (Å²) < 4.78 is 0. The molecule has 0 aromatic carbocycles. The molecule has 1 aliphatic rings. The van der Waals surface area contributed by atoms with Crippen molar-refractivity contribution < 1.29 is 0 Å². The van der Waals surface area contributed by atoms with Gasteiger partial charge >= 0.3 is 0 Å². The van der Waals surface area contributed by atoms with Crippen molar-refractivity contribution in [1.29, 1.82) is 0 Å². The maximum atomic E-state index is 3.63. The summed E-state index contributed by atoms with van der Waals surface area (Å²) in [7, 11) is 0. The zero-order valence-electron chi connectivity index (χ0n) is 5.36. The average Bonchev–Trinajstić information content (AvgIpc) is 1.79. The van der Waals surface area contributed by atoms with Crippen LogP contribution in [0.2, 0.25) is 0 Å². The van der Waals surface area contributed by atoms with Crippen LogP contribution in [-0.4, -0.2) is 4.83 Å². The third kappa shape index (κ3) is 1.25. The lowest BCUT2D eigenvalue weighted by molar-refractivity contribution is 0.314. The van der Waals surface area contributed by atoms with Gasteiger partial charge in [0.1, 0.15) is 0 Å². The molecule has 1 heteroatoms. The smallest absolute Gasteiger partial charge is 0.0174 e. The molecule has 1 fully saturated rings. The quantitative estimate of drug-likeness (QED) is 0.569. The van der Waals surface area contributed by atoms with Crippen molar-refractivity contribution in [1.82, 2.24) is 0 Å². The minimum Gasteiger partial charge on any atom is -0.0888 e. The van der Waals surface area contributed by atoms with E-state index in [0.717, 1.165) is 10.7 Å². The molecule has 0 heterocycles. The molecule has 0 radical (unpaired) electrons. The van der Waals surface area contributed by atoms with Gasteiger partial charge in [0.25, 0.3) is 0 Å². The van der Waals surface area contributed by atoms with Gasteiger partial charge < -0.3 is 0 Å². The van der Waals surface area contributed by atoms with E-state index in [-0.39, 0.29) is 0 Å². The van der Waals surface area contributed by atoms with E-state index in [4.69, 9.17) is 0 Å². The van der Waals surface area contributed by atoms with Gasteiger partial charge in [-0.2, -0.15) is 0 Å². The van der Waals surface area contributed by atoms with Crippen LogP contribution in [0.5, 0.6) is 0 Å². The molecular weight excluding hydrogens is 164 g/mol. The molecule has 0 amide bonds. The summed E-state index contributed by atoms with van der Waals surface area (Å²) in [5.74, 6) is 1.01. The Bertz CT molecular complexity index is 70.8. The molecule has 0 N–H and O–H groups in total. The van der Waals surface area contributed by atoms with E-state index in [1.165, 1.54) is 25.7 Å². The molecule has 8 heavy (non-hydrogen) atoms. The topological polar surface area (TPSA) is 0 Å². The Kier molecular flexibility index (Phi) is 2.36. The van der Waals surface area contributed by atoms with Crippen molar-refractivity contribution in [3.8, 4) is 0 Å². The third-order valence-electron chi connectivity index (χ3n) is 1.98. The van der Waals surface area contributed by atoms with Gasteiger partial charge in [0, 0.05) is 4.83 Å². The van der Waals surface area contributed by atoms with Crippen LogP contribution >= 0.6 is 15.9 Å². The van der Waals surface area contributed by atoms with Crippen molar-refractivity contribution >= 4 is 15.9 Å². The number of rotatable bonds is 2. The normalized spacial score (nSPS) is 36.8. The van der Waals surface area contributed by atoms with Crippen LogP contribution in [0.15, 0.2) is 0 Å². The van der Waals surface area contributed by atoms with Gasteiger partial charge in [0.05, 0.1) is 0 Å². The molecule has 2 unspecified atom stereocenters. The standard InChI is InChI=1S/C7H13Br/c1-2-3-6-4-5-7(6)8/h6-7H,2-5H2,1H3. The highest BCUT2D eigenvalue weighted by Crippen LogP contribution is 2.36. The Morgan fingerprint density at radius 1 is 1.50 bits per heavy atom. The Labute approximate surface area is 59.8 Å². The summed E-state index contributed by atoms with van der Waals surface area (Å²) in [4.78, 5) is 0.863. The van der Waals surface area contributed by atoms with Gasteiger partial charge in [-0.3, -0.25) is 0 Å². The van der Waals surface area contributed by atoms with Crippen LogP contribution in [-0.2, 0) is 0 Å². The average molecular weight is 177 g/mol. The van der Waals surface area contributed by atoms with Gasteiger partial charge in [0.15, 0.2) is 0 Å². The maximum absolute atomic E-state index is 3.63. The van der Waals surface area contributed by atoms with Gasteiger partial charge in [0.2, 0.25) is 0 Å². The van der Waals surface area contributed by atoms with Crippen LogP contribution < -0.4 is 0 Å². The van der Waals surface area contributed by atoms with Gasteiger partial charge in [-0.15, -0.1) is 0 Å². The lowest BCUT2D eigenvalue weighted by Gasteiger charge is -2.31. The van der Waals surface area contributed by atoms with Crippen molar-refractivity contribution in [2.45, 2.75) is 37.4 Å². The first-order chi connectivity index (χ1) is 3.84. The van der Waals surface area contributed by atoms with E-state index in [1.54, 1.807) is 0 Å². The second kappa shape index (κ2) is 2.86. The first-order valence-corrected chi connectivity index (χ1v) is 4.40. The fraction of sp³-hybridized carbons (Fsp3) is 1.00. The van der Waals surface area contributed by atoms with Crippen LogP contribution in [0, 0.1) is 5.92 Å². The Balaban J connectivity index is 2.08. The van der Waals surface area contributed by atoms with E-state index in [0.29, 0.717) is 0 Å². The van der Waals surface area contributed by atoms with E-state index >= 15 is 0 Å². The molecule has 2 atom stereocenters. The number of hydrogen-bond donors (Lipinski definition) is 0. The van der Waals surface area contributed by atoms with E-state index in [1.807, 2.05) is 0 Å². The maximum Gasteiger partial charge on any atom is 0.0174 e. The van der Waals surface area contributed by atoms with Crippen molar-refractivity contribution in [2.75, 3.05) is 0 Å². The second-order valence-electron chi connectivity index (χ2n) is 2.64. The van der Waals surface area contributed by atoms with E-state index in [2.05, 4.69) is 22.9 Å². The Morgan fingerprint density at radius 3 is 2.38 bits per heavy atom. The molecule has 48 valence electrons. The molecule has 0 saturated heterocycles. The van der Waals surface area contributed by atoms with Crippen molar-refractivity contribution in [3.63, 3.8) is 0 Å². The molecule has 1 saturated carbocycles. The fourth-order valence-corrected chi connectivity index (χ4v) is 2.02. The fourth-order valence-electron chi connectivity index (χ4n) is 1.22. The highest BCUT2D eigenvalue weighted by molar-refractivity contribution is 9.09. The summed E-state index contributed by atoms with van der Waals surface area (Å²) in [6.45, 7) is 2.26. The molecular formula is C7H13Br. The predicted molar refractivity (Wildman–Crippen MR) is 40.3 cm³/mol. The summed E-state index contributed by atoms with van der Waals surface area (Å²) in [6, 6.07) is 0. The second-order valence-corrected chi connectivity index (χ2v) is 3.82. The SMILES string of the molecule is CCCC1CCC1Br. The Morgan fingerprint density at radius 2 is 2.25 bits per heavy atom. The van der Waals surface area contributed by atoms with E-state index in [9.17, 15) is 0 Å². The van der Waals surface area contributed by atoms with Gasteiger partial charge in [-0.25, -0.2) is 0 Å². The summed E-state index contributed by atoms with van der Waals surface area (Å²) in [5, 5.41) is 0. The van der Waals surface area contributed by atoms with Crippen molar-refractivity contribution in [2.24, 2.45) is 5.92 Å². The molecule has 1 aliphatic carbocycles. The first-order valence-electron chi connectivity index (χ1n) is 3.48. The Hall–Kier alpha value is 0.480. The molecule has 0 nitrogen and oxygen atoms in total. The van der Waals surface area contributed by atoms with Crippen LogP contribution in [0.25, 0.3) is 0 Å². The molecule has 0 bridgehead atoms. The number of halogens is 1. The monoisotopic (exact) mass is 176 g/mol. The minimum atomic E-state index is 0.863. The highest BCUT2D eigenvalue weighted by Gasteiger charge is 2.26. The van der Waals surface area contributed by atoms with Crippen LogP contribution in [0.1, 0.15) is 32.6 Å². The molecule has 0 aromatic heterocycles. The largest absolute Gasteiger partial charge is 0.0888 e. The number of alkyl halides is 1.